The molecule has 0 atom stereocenters. The van der Waals surface area contributed by atoms with E-state index in [-0.39, 0.29) is 0 Å². The minimum atomic E-state index is 0.640. The van der Waals surface area contributed by atoms with Crippen molar-refractivity contribution in [2.75, 3.05) is 0 Å². The average molecular weight is 615 g/mol. The molecular weight excluding hydrogens is 585 g/mol. The third kappa shape index (κ3) is 6.15. The molecule has 0 saturated heterocycles. The van der Waals surface area contributed by atoms with E-state index in [4.69, 9.17) is 15.0 Å². The number of pyridine rings is 1. The van der Waals surface area contributed by atoms with Gasteiger partial charge in [-0.25, -0.2) is 15.0 Å². The largest absolute Gasteiger partial charge is 0.265 e. The molecule has 0 aliphatic heterocycles. The second-order valence-electron chi connectivity index (χ2n) is 11.6. The van der Waals surface area contributed by atoms with Crippen LogP contribution in [0.4, 0.5) is 0 Å². The number of hydrogen-bond donors (Lipinski definition) is 0. The molecule has 0 bridgehead atoms. The van der Waals surface area contributed by atoms with Crippen LogP contribution in [-0.2, 0) is 0 Å². The Balaban J connectivity index is 1.08. The molecular formula is C44H30N4. The molecule has 0 amide bonds. The van der Waals surface area contributed by atoms with Crippen molar-refractivity contribution in [3.8, 4) is 78.7 Å². The Morgan fingerprint density at radius 2 is 0.542 bits per heavy atom. The van der Waals surface area contributed by atoms with Gasteiger partial charge in [-0.05, 0) is 62.7 Å². The number of nitrogens with zero attached hydrogens (tertiary/aromatic N) is 4. The first-order valence-corrected chi connectivity index (χ1v) is 16.0. The summed E-state index contributed by atoms with van der Waals surface area (Å²) in [6.45, 7) is 0. The molecule has 0 aliphatic rings. The summed E-state index contributed by atoms with van der Waals surface area (Å²) in [5.74, 6) is 1.93. The highest BCUT2D eigenvalue weighted by molar-refractivity contribution is 5.76. The Kier molecular flexibility index (Phi) is 7.87. The molecule has 0 saturated carbocycles. The van der Waals surface area contributed by atoms with Gasteiger partial charge in [0.05, 0.1) is 0 Å². The first-order valence-electron chi connectivity index (χ1n) is 16.0. The van der Waals surface area contributed by atoms with Crippen LogP contribution >= 0.6 is 0 Å². The van der Waals surface area contributed by atoms with Crippen LogP contribution in [0.25, 0.3) is 78.7 Å². The van der Waals surface area contributed by atoms with E-state index in [0.717, 1.165) is 44.5 Å². The van der Waals surface area contributed by atoms with Gasteiger partial charge in [0.15, 0.2) is 17.5 Å². The summed E-state index contributed by atoms with van der Waals surface area (Å²) in [6.07, 6.45) is 3.65. The van der Waals surface area contributed by atoms with Gasteiger partial charge in [0.2, 0.25) is 0 Å². The van der Waals surface area contributed by atoms with Gasteiger partial charge in [0.25, 0.3) is 0 Å². The molecule has 0 aliphatic carbocycles. The molecule has 226 valence electrons. The monoisotopic (exact) mass is 614 g/mol. The van der Waals surface area contributed by atoms with E-state index in [2.05, 4.69) is 126 Å². The standard InChI is InChI=1S/C44H30N4/c1-3-8-31(9-4-1)40-12-7-13-41(30-40)44-47-42(38-10-5-2-6-11-38)46-43(48-44)39-24-22-35(23-25-39)34-16-14-32(15-17-34)33-18-20-36(21-19-33)37-26-28-45-29-27-37/h1-30H. The Bertz CT molecular complexity index is 2280. The van der Waals surface area contributed by atoms with Gasteiger partial charge >= 0.3 is 0 Å². The first-order chi connectivity index (χ1) is 23.8. The molecule has 4 nitrogen and oxygen atoms in total. The summed E-state index contributed by atoms with van der Waals surface area (Å²) in [4.78, 5) is 19.0. The molecule has 8 rings (SSSR count). The van der Waals surface area contributed by atoms with Crippen molar-refractivity contribution in [1.29, 1.82) is 0 Å². The van der Waals surface area contributed by atoms with Crippen molar-refractivity contribution < 1.29 is 0 Å². The summed E-state index contributed by atoms with van der Waals surface area (Å²) in [6, 6.07) is 58.7. The van der Waals surface area contributed by atoms with Crippen LogP contribution in [0.2, 0.25) is 0 Å². The van der Waals surface area contributed by atoms with Crippen molar-refractivity contribution in [2.24, 2.45) is 0 Å². The highest BCUT2D eigenvalue weighted by Gasteiger charge is 2.13. The van der Waals surface area contributed by atoms with Crippen molar-refractivity contribution in [1.82, 2.24) is 19.9 Å². The molecule has 8 aromatic rings. The van der Waals surface area contributed by atoms with E-state index >= 15 is 0 Å². The average Bonchev–Trinajstić information content (AvgIpc) is 3.19. The number of aromatic nitrogens is 4. The van der Waals surface area contributed by atoms with E-state index in [1.165, 1.54) is 16.7 Å². The van der Waals surface area contributed by atoms with Crippen LogP contribution in [0, 0.1) is 0 Å². The number of rotatable bonds is 7. The third-order valence-electron chi connectivity index (χ3n) is 8.49. The fourth-order valence-corrected chi connectivity index (χ4v) is 5.89. The lowest BCUT2D eigenvalue weighted by molar-refractivity contribution is 1.07. The summed E-state index contributed by atoms with van der Waals surface area (Å²) < 4.78 is 0. The van der Waals surface area contributed by atoms with Crippen LogP contribution in [0.3, 0.4) is 0 Å². The highest BCUT2D eigenvalue weighted by atomic mass is 15.0. The maximum absolute atomic E-state index is 4.98. The molecule has 0 N–H and O–H groups in total. The molecule has 0 unspecified atom stereocenters. The lowest BCUT2D eigenvalue weighted by Crippen LogP contribution is -2.00. The van der Waals surface area contributed by atoms with Gasteiger partial charge in [-0.2, -0.15) is 0 Å². The van der Waals surface area contributed by atoms with Gasteiger partial charge in [0.1, 0.15) is 0 Å². The molecule has 48 heavy (non-hydrogen) atoms. The van der Waals surface area contributed by atoms with Crippen molar-refractivity contribution in [3.63, 3.8) is 0 Å². The van der Waals surface area contributed by atoms with E-state index in [1.807, 2.05) is 60.9 Å². The van der Waals surface area contributed by atoms with Crippen LogP contribution < -0.4 is 0 Å². The van der Waals surface area contributed by atoms with E-state index < -0.39 is 0 Å². The summed E-state index contributed by atoms with van der Waals surface area (Å²) >= 11 is 0. The van der Waals surface area contributed by atoms with Gasteiger partial charge in [-0.1, -0.05) is 152 Å². The predicted octanol–water partition coefficient (Wildman–Crippen LogP) is 10.9. The van der Waals surface area contributed by atoms with Gasteiger partial charge in [-0.3, -0.25) is 4.98 Å². The zero-order chi connectivity index (χ0) is 32.1. The molecule has 2 heterocycles. The summed E-state index contributed by atoms with van der Waals surface area (Å²) in [5, 5.41) is 0. The number of hydrogen-bond acceptors (Lipinski definition) is 4. The van der Waals surface area contributed by atoms with Crippen LogP contribution in [0.15, 0.2) is 182 Å². The Hall–Kier alpha value is -6.52. The normalized spacial score (nSPS) is 10.9. The van der Waals surface area contributed by atoms with Crippen molar-refractivity contribution in [2.45, 2.75) is 0 Å². The van der Waals surface area contributed by atoms with Gasteiger partial charge < -0.3 is 0 Å². The minimum absolute atomic E-state index is 0.640. The Morgan fingerprint density at radius 1 is 0.229 bits per heavy atom. The predicted molar refractivity (Wildman–Crippen MR) is 196 cm³/mol. The van der Waals surface area contributed by atoms with Crippen LogP contribution in [-0.4, -0.2) is 19.9 Å². The Morgan fingerprint density at radius 3 is 1.02 bits per heavy atom. The molecule has 0 fully saturated rings. The van der Waals surface area contributed by atoms with Crippen molar-refractivity contribution >= 4 is 0 Å². The molecule has 2 aromatic heterocycles. The lowest BCUT2D eigenvalue weighted by Gasteiger charge is -2.10. The zero-order valence-corrected chi connectivity index (χ0v) is 26.1. The second kappa shape index (κ2) is 13.1. The van der Waals surface area contributed by atoms with E-state index in [9.17, 15) is 0 Å². The molecule has 6 aromatic carbocycles. The van der Waals surface area contributed by atoms with Gasteiger partial charge in [0, 0.05) is 29.1 Å². The second-order valence-corrected chi connectivity index (χ2v) is 11.6. The van der Waals surface area contributed by atoms with Gasteiger partial charge in [-0.15, -0.1) is 0 Å². The molecule has 4 heteroatoms. The SMILES string of the molecule is c1ccc(-c2cccc(-c3nc(-c4ccccc4)nc(-c4ccc(-c5ccc(-c6ccc(-c7ccncc7)cc6)cc5)cc4)n3)c2)cc1. The molecule has 0 spiro atoms. The molecule has 0 radical (unpaired) electrons. The van der Waals surface area contributed by atoms with Crippen LogP contribution in [0.5, 0.6) is 0 Å². The summed E-state index contributed by atoms with van der Waals surface area (Å²) in [7, 11) is 0. The fourth-order valence-electron chi connectivity index (χ4n) is 5.89. The van der Waals surface area contributed by atoms with Crippen molar-refractivity contribution in [3.05, 3.63) is 182 Å². The number of benzene rings is 6. The maximum Gasteiger partial charge on any atom is 0.164 e. The van der Waals surface area contributed by atoms with E-state index in [0.29, 0.717) is 17.5 Å². The minimum Gasteiger partial charge on any atom is -0.265 e. The third-order valence-corrected chi connectivity index (χ3v) is 8.49. The van der Waals surface area contributed by atoms with E-state index in [1.54, 1.807) is 0 Å². The Labute approximate surface area is 280 Å². The smallest absolute Gasteiger partial charge is 0.164 e. The highest BCUT2D eigenvalue weighted by Crippen LogP contribution is 2.31. The quantitative estimate of drug-likeness (QED) is 0.179. The summed E-state index contributed by atoms with van der Waals surface area (Å²) in [5.41, 5.74) is 12.1. The zero-order valence-electron chi connectivity index (χ0n) is 26.1. The van der Waals surface area contributed by atoms with Crippen LogP contribution in [0.1, 0.15) is 0 Å². The lowest BCUT2D eigenvalue weighted by atomic mass is 9.98. The fraction of sp³-hybridized carbons (Fsp3) is 0. The topological polar surface area (TPSA) is 51.6 Å². The first kappa shape index (κ1) is 28.9. The maximum atomic E-state index is 4.98.